The van der Waals surface area contributed by atoms with Gasteiger partial charge in [0.2, 0.25) is 0 Å². The minimum atomic E-state index is -0.614. The molecule has 0 saturated heterocycles. The molecule has 0 aliphatic heterocycles. The Morgan fingerprint density at radius 1 is 1.29 bits per heavy atom. The maximum absolute atomic E-state index is 11.0. The molecule has 118 valence electrons. The van der Waals surface area contributed by atoms with Crippen LogP contribution in [0.15, 0.2) is 18.2 Å². The van der Waals surface area contributed by atoms with Crippen molar-refractivity contribution < 1.29 is 19.4 Å². The summed E-state index contributed by atoms with van der Waals surface area (Å²) in [6.45, 7) is 5.54. The zero-order chi connectivity index (χ0) is 16.0. The second-order valence-corrected chi connectivity index (χ2v) is 5.57. The highest BCUT2D eigenvalue weighted by atomic mass is 16.6. The Balaban J connectivity index is 2.85. The van der Waals surface area contributed by atoms with Crippen molar-refractivity contribution in [2.24, 2.45) is 11.7 Å². The van der Waals surface area contributed by atoms with Crippen LogP contribution in [-0.2, 0) is 4.79 Å². The predicted octanol–water partition coefficient (Wildman–Crippen LogP) is 2.42. The molecule has 0 amide bonds. The van der Waals surface area contributed by atoms with Crippen LogP contribution in [0.5, 0.6) is 11.5 Å². The Hall–Kier alpha value is -1.59. The molecular weight excluding hydrogens is 270 g/mol. The second-order valence-electron chi connectivity index (χ2n) is 5.57. The molecule has 1 aromatic rings. The first kappa shape index (κ1) is 17.5. The summed E-state index contributed by atoms with van der Waals surface area (Å²) in [5.41, 5.74) is 6.84. The summed E-state index contributed by atoms with van der Waals surface area (Å²) < 4.78 is 10.2. The van der Waals surface area contributed by atoms with Crippen LogP contribution >= 0.6 is 0 Å². The summed E-state index contributed by atoms with van der Waals surface area (Å²) in [4.78, 5) is 11.0. The van der Waals surface area contributed by atoms with Crippen LogP contribution in [0.2, 0.25) is 0 Å². The molecule has 0 aromatic heterocycles. The fourth-order valence-electron chi connectivity index (χ4n) is 2.04. The van der Waals surface area contributed by atoms with Gasteiger partial charge in [-0.05, 0) is 36.5 Å². The van der Waals surface area contributed by atoms with E-state index in [0.29, 0.717) is 23.8 Å². The first-order chi connectivity index (χ1) is 9.85. The average molecular weight is 295 g/mol. The molecule has 1 aromatic carbocycles. The lowest BCUT2D eigenvalue weighted by Crippen LogP contribution is -2.26. The Morgan fingerprint density at radius 2 is 1.95 bits per heavy atom. The summed E-state index contributed by atoms with van der Waals surface area (Å²) in [6.07, 6.45) is 0.946. The van der Waals surface area contributed by atoms with E-state index in [4.69, 9.17) is 15.2 Å². The lowest BCUT2D eigenvalue weighted by molar-refractivity contribution is -0.132. The van der Waals surface area contributed by atoms with E-state index in [1.807, 2.05) is 0 Å². The van der Waals surface area contributed by atoms with Crippen molar-refractivity contribution in [2.75, 3.05) is 7.11 Å². The molecule has 2 atom stereocenters. The van der Waals surface area contributed by atoms with Crippen LogP contribution in [0, 0.1) is 5.92 Å². The van der Waals surface area contributed by atoms with Crippen molar-refractivity contribution in [2.45, 2.75) is 45.8 Å². The Morgan fingerprint density at radius 3 is 2.48 bits per heavy atom. The highest BCUT2D eigenvalue weighted by Crippen LogP contribution is 2.31. The summed E-state index contributed by atoms with van der Waals surface area (Å²) in [5.74, 6) is 0.877. The zero-order valence-corrected chi connectivity index (χ0v) is 13.1. The first-order valence-electron chi connectivity index (χ1n) is 7.15. The summed E-state index contributed by atoms with van der Waals surface area (Å²) in [7, 11) is 1.49. The number of carbonyl (C=O) groups excluding carboxylic acids is 1. The van der Waals surface area contributed by atoms with Gasteiger partial charge in [-0.3, -0.25) is 4.79 Å². The molecule has 1 rings (SSSR count). The van der Waals surface area contributed by atoms with E-state index >= 15 is 0 Å². The third kappa shape index (κ3) is 5.36. The molecule has 0 heterocycles. The van der Waals surface area contributed by atoms with Gasteiger partial charge in [0, 0.05) is 6.92 Å². The Labute approximate surface area is 126 Å². The van der Waals surface area contributed by atoms with Crippen molar-refractivity contribution in [3.05, 3.63) is 23.8 Å². The van der Waals surface area contributed by atoms with Gasteiger partial charge in [-0.15, -0.1) is 0 Å². The maximum Gasteiger partial charge on any atom is 0.308 e. The fourth-order valence-corrected chi connectivity index (χ4v) is 2.04. The van der Waals surface area contributed by atoms with E-state index in [1.54, 1.807) is 18.2 Å². The smallest absolute Gasteiger partial charge is 0.308 e. The molecule has 0 bridgehead atoms. The van der Waals surface area contributed by atoms with Crippen molar-refractivity contribution in [1.29, 1.82) is 0 Å². The number of hydrogen-bond acceptors (Lipinski definition) is 5. The number of hydrogen-bond donors (Lipinski definition) is 2. The monoisotopic (exact) mass is 295 g/mol. The number of carbonyl (C=O) groups is 1. The highest BCUT2D eigenvalue weighted by molar-refractivity contribution is 5.70. The minimum absolute atomic E-state index is 0.345. The molecule has 21 heavy (non-hydrogen) atoms. The number of benzene rings is 1. The predicted molar refractivity (Wildman–Crippen MR) is 81.3 cm³/mol. The number of aliphatic hydroxyl groups excluding tert-OH is 1. The molecule has 0 saturated carbocycles. The number of nitrogens with two attached hydrogens (primary N) is 1. The summed E-state index contributed by atoms with van der Waals surface area (Å²) in [6, 6.07) is 4.57. The highest BCUT2D eigenvalue weighted by Gasteiger charge is 2.19. The number of ether oxygens (including phenoxy) is 2. The van der Waals surface area contributed by atoms with E-state index in [2.05, 4.69) is 13.8 Å². The second kappa shape index (κ2) is 8.00. The van der Waals surface area contributed by atoms with E-state index < -0.39 is 18.1 Å². The van der Waals surface area contributed by atoms with Gasteiger partial charge in [0.1, 0.15) is 0 Å². The molecule has 5 nitrogen and oxygen atoms in total. The van der Waals surface area contributed by atoms with Crippen LogP contribution < -0.4 is 15.2 Å². The molecule has 0 fully saturated rings. The lowest BCUT2D eigenvalue weighted by atomic mass is 9.96. The molecule has 0 aliphatic carbocycles. The Kier molecular flexibility index (Phi) is 6.65. The van der Waals surface area contributed by atoms with Gasteiger partial charge in [0.15, 0.2) is 11.5 Å². The number of rotatable bonds is 7. The minimum Gasteiger partial charge on any atom is -0.493 e. The average Bonchev–Trinajstić information content (AvgIpc) is 2.43. The first-order valence-corrected chi connectivity index (χ1v) is 7.15. The molecule has 3 N–H and O–H groups in total. The number of methoxy groups -OCH3 is 1. The largest absolute Gasteiger partial charge is 0.493 e. The van der Waals surface area contributed by atoms with Gasteiger partial charge >= 0.3 is 5.97 Å². The Bertz CT molecular complexity index is 473. The molecule has 0 unspecified atom stereocenters. The van der Waals surface area contributed by atoms with Crippen LogP contribution in [0.4, 0.5) is 0 Å². The van der Waals surface area contributed by atoms with Crippen LogP contribution in [-0.4, -0.2) is 24.3 Å². The van der Waals surface area contributed by atoms with Crippen molar-refractivity contribution >= 4 is 5.97 Å². The molecular formula is C16H25NO4. The lowest BCUT2D eigenvalue weighted by Gasteiger charge is -2.21. The van der Waals surface area contributed by atoms with E-state index in [1.165, 1.54) is 14.0 Å². The van der Waals surface area contributed by atoms with Gasteiger partial charge in [0.05, 0.1) is 19.3 Å². The number of esters is 1. The van der Waals surface area contributed by atoms with Crippen molar-refractivity contribution in [3.8, 4) is 11.5 Å². The molecule has 0 spiro atoms. The van der Waals surface area contributed by atoms with Crippen molar-refractivity contribution in [3.63, 3.8) is 0 Å². The van der Waals surface area contributed by atoms with Crippen LogP contribution in [0.3, 0.4) is 0 Å². The topological polar surface area (TPSA) is 81.8 Å². The van der Waals surface area contributed by atoms with Crippen LogP contribution in [0.25, 0.3) is 0 Å². The maximum atomic E-state index is 11.0. The third-order valence-electron chi connectivity index (χ3n) is 3.28. The van der Waals surface area contributed by atoms with Gasteiger partial charge in [-0.25, -0.2) is 0 Å². The number of aliphatic hydroxyl groups is 1. The van der Waals surface area contributed by atoms with E-state index in [9.17, 15) is 9.90 Å². The third-order valence-corrected chi connectivity index (χ3v) is 3.28. The quantitative estimate of drug-likeness (QED) is 0.596. The van der Waals surface area contributed by atoms with E-state index in [0.717, 1.165) is 12.0 Å². The summed E-state index contributed by atoms with van der Waals surface area (Å²) >= 11 is 0. The van der Waals surface area contributed by atoms with Gasteiger partial charge in [-0.1, -0.05) is 19.9 Å². The SMILES string of the molecule is COc1cc([C@@H](N)[C@@H](O)CCC(C)C)ccc1OC(C)=O. The standard InChI is InChI=1S/C16H25NO4/c1-10(2)5-7-13(19)16(17)12-6-8-14(21-11(3)18)15(9-12)20-4/h6,8-10,13,16,19H,5,7,17H2,1-4H3/t13-,16+/m0/s1. The fraction of sp³-hybridized carbons (Fsp3) is 0.562. The zero-order valence-electron chi connectivity index (χ0n) is 13.1. The normalized spacial score (nSPS) is 13.9. The van der Waals surface area contributed by atoms with Crippen molar-refractivity contribution in [1.82, 2.24) is 0 Å². The summed E-state index contributed by atoms with van der Waals surface area (Å²) in [5, 5.41) is 10.1. The molecule has 5 heteroatoms. The van der Waals surface area contributed by atoms with E-state index in [-0.39, 0.29) is 0 Å². The van der Waals surface area contributed by atoms with Gasteiger partial charge in [0.25, 0.3) is 0 Å². The molecule has 0 radical (unpaired) electrons. The van der Waals surface area contributed by atoms with Gasteiger partial charge in [-0.2, -0.15) is 0 Å². The van der Waals surface area contributed by atoms with Crippen LogP contribution in [0.1, 0.15) is 45.2 Å². The van der Waals surface area contributed by atoms with Gasteiger partial charge < -0.3 is 20.3 Å². The molecule has 0 aliphatic rings.